The van der Waals surface area contributed by atoms with Crippen LogP contribution < -0.4 is 11.3 Å². The van der Waals surface area contributed by atoms with Crippen LogP contribution in [-0.2, 0) is 6.42 Å². The SMILES string of the molecule is CC1CCCC(C(Cc2ccccn2)NN)(N(C)C)C1. The number of likely N-dealkylation sites (N-methyl/N-ethyl adjacent to an activating group) is 1. The molecule has 1 aromatic heterocycles. The first-order valence-electron chi connectivity index (χ1n) is 7.62. The van der Waals surface area contributed by atoms with Crippen LogP contribution >= 0.6 is 0 Å². The first kappa shape index (κ1) is 15.4. The zero-order valence-corrected chi connectivity index (χ0v) is 13.0. The maximum Gasteiger partial charge on any atom is 0.0449 e. The van der Waals surface area contributed by atoms with Crippen LogP contribution in [0, 0.1) is 5.92 Å². The summed E-state index contributed by atoms with van der Waals surface area (Å²) in [6, 6.07) is 6.32. The van der Waals surface area contributed by atoms with Gasteiger partial charge < -0.3 is 4.90 Å². The summed E-state index contributed by atoms with van der Waals surface area (Å²) in [6.45, 7) is 2.35. The van der Waals surface area contributed by atoms with E-state index in [9.17, 15) is 0 Å². The molecule has 1 aliphatic rings. The molecule has 0 amide bonds. The molecular weight excluding hydrogens is 248 g/mol. The zero-order valence-electron chi connectivity index (χ0n) is 13.0. The fourth-order valence-corrected chi connectivity index (χ4v) is 3.73. The van der Waals surface area contributed by atoms with E-state index in [4.69, 9.17) is 5.84 Å². The lowest BCUT2D eigenvalue weighted by atomic mass is 9.70. The predicted molar refractivity (Wildman–Crippen MR) is 83.1 cm³/mol. The molecule has 0 saturated heterocycles. The summed E-state index contributed by atoms with van der Waals surface area (Å²) in [7, 11) is 4.36. The Morgan fingerprint density at radius 1 is 1.50 bits per heavy atom. The first-order valence-corrected chi connectivity index (χ1v) is 7.62. The van der Waals surface area contributed by atoms with Gasteiger partial charge in [0, 0.05) is 29.9 Å². The molecule has 1 aliphatic carbocycles. The van der Waals surface area contributed by atoms with E-state index in [0.29, 0.717) is 0 Å². The number of aromatic nitrogens is 1. The van der Waals surface area contributed by atoms with Crippen molar-refractivity contribution in [2.24, 2.45) is 11.8 Å². The average Bonchev–Trinajstić information content (AvgIpc) is 2.45. The number of nitrogens with zero attached hydrogens (tertiary/aromatic N) is 2. The molecule has 1 fully saturated rings. The van der Waals surface area contributed by atoms with Crippen LogP contribution in [0.25, 0.3) is 0 Å². The van der Waals surface area contributed by atoms with Crippen molar-refractivity contribution in [1.82, 2.24) is 15.3 Å². The molecule has 4 nitrogen and oxygen atoms in total. The molecule has 20 heavy (non-hydrogen) atoms. The molecule has 4 heteroatoms. The van der Waals surface area contributed by atoms with Crippen molar-refractivity contribution >= 4 is 0 Å². The molecule has 0 aliphatic heterocycles. The van der Waals surface area contributed by atoms with Gasteiger partial charge in [0.2, 0.25) is 0 Å². The number of rotatable bonds is 5. The summed E-state index contributed by atoms with van der Waals surface area (Å²) in [5, 5.41) is 0. The van der Waals surface area contributed by atoms with Gasteiger partial charge in [0.25, 0.3) is 0 Å². The Labute approximate surface area is 122 Å². The molecule has 0 radical (unpaired) electrons. The second-order valence-electron chi connectivity index (χ2n) is 6.44. The second-order valence-corrected chi connectivity index (χ2v) is 6.44. The minimum Gasteiger partial charge on any atom is -0.302 e. The van der Waals surface area contributed by atoms with Crippen LogP contribution in [0.5, 0.6) is 0 Å². The first-order chi connectivity index (χ1) is 9.58. The van der Waals surface area contributed by atoms with Crippen molar-refractivity contribution in [1.29, 1.82) is 0 Å². The summed E-state index contributed by atoms with van der Waals surface area (Å²) < 4.78 is 0. The van der Waals surface area contributed by atoms with E-state index in [1.165, 1.54) is 25.7 Å². The lowest BCUT2D eigenvalue weighted by Crippen LogP contribution is -2.63. The highest BCUT2D eigenvalue weighted by molar-refractivity contribution is 5.10. The zero-order chi connectivity index (χ0) is 14.6. The Bertz CT molecular complexity index is 406. The van der Waals surface area contributed by atoms with E-state index in [0.717, 1.165) is 18.0 Å². The predicted octanol–water partition coefficient (Wildman–Crippen LogP) is 1.97. The summed E-state index contributed by atoms with van der Waals surface area (Å²) in [4.78, 5) is 6.83. The molecular formula is C16H28N4. The number of hydrogen-bond donors (Lipinski definition) is 2. The van der Waals surface area contributed by atoms with Gasteiger partial charge in [-0.25, -0.2) is 0 Å². The van der Waals surface area contributed by atoms with Gasteiger partial charge >= 0.3 is 0 Å². The third-order valence-corrected chi connectivity index (χ3v) is 4.89. The maximum atomic E-state index is 5.92. The van der Waals surface area contributed by atoms with E-state index < -0.39 is 0 Å². The standard InChI is InChI=1S/C16H28N4/c1-13-7-6-9-16(12-13,20(2)3)15(19-17)11-14-8-4-5-10-18-14/h4-5,8,10,13,15,19H,6-7,9,11-12,17H2,1-3H3. The Kier molecular flexibility index (Phi) is 5.13. The van der Waals surface area contributed by atoms with Crippen LogP contribution in [0.4, 0.5) is 0 Å². The average molecular weight is 276 g/mol. The molecule has 3 N–H and O–H groups in total. The van der Waals surface area contributed by atoms with Crippen LogP contribution in [0.3, 0.4) is 0 Å². The second kappa shape index (κ2) is 6.66. The molecule has 1 heterocycles. The Morgan fingerprint density at radius 2 is 2.30 bits per heavy atom. The molecule has 112 valence electrons. The largest absolute Gasteiger partial charge is 0.302 e. The van der Waals surface area contributed by atoms with E-state index in [1.807, 2.05) is 18.3 Å². The van der Waals surface area contributed by atoms with Crippen LogP contribution in [0.2, 0.25) is 0 Å². The molecule has 0 spiro atoms. The summed E-state index contributed by atoms with van der Waals surface area (Å²) in [6.07, 6.45) is 7.74. The Morgan fingerprint density at radius 3 is 2.85 bits per heavy atom. The van der Waals surface area contributed by atoms with Gasteiger partial charge in [0.15, 0.2) is 0 Å². The van der Waals surface area contributed by atoms with Gasteiger partial charge in [-0.15, -0.1) is 0 Å². The number of hydrazine groups is 1. The van der Waals surface area contributed by atoms with Gasteiger partial charge in [-0.3, -0.25) is 16.3 Å². The quantitative estimate of drug-likeness (QED) is 0.638. The smallest absolute Gasteiger partial charge is 0.0449 e. The molecule has 3 unspecified atom stereocenters. The number of nitrogens with two attached hydrogens (primary N) is 1. The Balaban J connectivity index is 2.21. The molecule has 0 aromatic carbocycles. The minimum atomic E-state index is 0.129. The van der Waals surface area contributed by atoms with Gasteiger partial charge in [0.1, 0.15) is 0 Å². The fourth-order valence-electron chi connectivity index (χ4n) is 3.73. The van der Waals surface area contributed by atoms with E-state index in [-0.39, 0.29) is 11.6 Å². The molecule has 3 atom stereocenters. The molecule has 1 saturated carbocycles. The van der Waals surface area contributed by atoms with Crippen molar-refractivity contribution in [2.45, 2.75) is 50.6 Å². The number of nitrogens with one attached hydrogen (secondary N) is 1. The molecule has 1 aromatic rings. The van der Waals surface area contributed by atoms with Crippen LogP contribution in [0.1, 0.15) is 38.3 Å². The van der Waals surface area contributed by atoms with Crippen LogP contribution in [-0.4, -0.2) is 35.6 Å². The van der Waals surface area contributed by atoms with Crippen molar-refractivity contribution in [3.05, 3.63) is 30.1 Å². The van der Waals surface area contributed by atoms with Crippen molar-refractivity contribution < 1.29 is 0 Å². The minimum absolute atomic E-state index is 0.129. The van der Waals surface area contributed by atoms with Crippen molar-refractivity contribution in [2.75, 3.05) is 14.1 Å². The molecule has 2 rings (SSSR count). The Hall–Kier alpha value is -0.970. The fraction of sp³-hybridized carbons (Fsp3) is 0.688. The van der Waals surface area contributed by atoms with Gasteiger partial charge in [-0.05, 0) is 45.0 Å². The summed E-state index contributed by atoms with van der Waals surface area (Å²) in [5.74, 6) is 6.67. The lowest BCUT2D eigenvalue weighted by Gasteiger charge is -2.50. The topological polar surface area (TPSA) is 54.2 Å². The van der Waals surface area contributed by atoms with Crippen molar-refractivity contribution in [3.63, 3.8) is 0 Å². The van der Waals surface area contributed by atoms with E-state index in [2.05, 4.69) is 42.4 Å². The van der Waals surface area contributed by atoms with Gasteiger partial charge in [-0.2, -0.15) is 0 Å². The summed E-state index contributed by atoms with van der Waals surface area (Å²) in [5.41, 5.74) is 4.32. The number of hydrogen-bond acceptors (Lipinski definition) is 4. The molecule has 0 bridgehead atoms. The maximum absolute atomic E-state index is 5.92. The number of pyridine rings is 1. The highest BCUT2D eigenvalue weighted by Crippen LogP contribution is 2.38. The summed E-state index contributed by atoms with van der Waals surface area (Å²) >= 11 is 0. The monoisotopic (exact) mass is 276 g/mol. The van der Waals surface area contributed by atoms with E-state index in [1.54, 1.807) is 0 Å². The van der Waals surface area contributed by atoms with Crippen molar-refractivity contribution in [3.8, 4) is 0 Å². The van der Waals surface area contributed by atoms with Crippen LogP contribution in [0.15, 0.2) is 24.4 Å². The van der Waals surface area contributed by atoms with E-state index >= 15 is 0 Å². The lowest BCUT2D eigenvalue weighted by molar-refractivity contribution is 0.0370. The highest BCUT2D eigenvalue weighted by atomic mass is 15.3. The van der Waals surface area contributed by atoms with Gasteiger partial charge in [0.05, 0.1) is 0 Å². The van der Waals surface area contributed by atoms with Gasteiger partial charge in [-0.1, -0.05) is 25.8 Å². The third-order valence-electron chi connectivity index (χ3n) is 4.89. The third kappa shape index (κ3) is 3.19. The highest BCUT2D eigenvalue weighted by Gasteiger charge is 2.43. The normalized spacial score (nSPS) is 28.6.